The number of hydrogen-bond acceptors (Lipinski definition) is 6. The van der Waals surface area contributed by atoms with Crippen LogP contribution in [0.2, 0.25) is 5.02 Å². The first-order valence-electron chi connectivity index (χ1n) is 11.6. The number of para-hydroxylation sites is 1. The molecule has 3 heterocycles. The minimum absolute atomic E-state index is 0.0289. The number of amides is 1. The summed E-state index contributed by atoms with van der Waals surface area (Å²) in [6.07, 6.45) is 0.837. The molecule has 0 atom stereocenters. The molecule has 1 saturated heterocycles. The smallest absolute Gasteiger partial charge is 0.253 e. The quantitative estimate of drug-likeness (QED) is 0.420. The van der Waals surface area contributed by atoms with Crippen LogP contribution in [-0.4, -0.2) is 63.8 Å². The molecule has 1 aliphatic heterocycles. The van der Waals surface area contributed by atoms with E-state index in [1.54, 1.807) is 11.8 Å². The van der Waals surface area contributed by atoms with Gasteiger partial charge in [0.2, 0.25) is 0 Å². The van der Waals surface area contributed by atoms with Crippen LogP contribution in [0.5, 0.6) is 5.75 Å². The van der Waals surface area contributed by atoms with E-state index < -0.39 is 0 Å². The third-order valence-electron chi connectivity index (χ3n) is 6.30. The van der Waals surface area contributed by atoms with Crippen LogP contribution in [-0.2, 0) is 0 Å². The summed E-state index contributed by atoms with van der Waals surface area (Å²) in [5.41, 5.74) is 3.01. The van der Waals surface area contributed by atoms with Gasteiger partial charge in [-0.1, -0.05) is 23.7 Å². The SMILES string of the molecule is COc1ccc(C(=O)N2CCCN(c3nc(C)nc4c3c(C)nn4-c3ccccc3Cl)CC2)cc1. The van der Waals surface area contributed by atoms with E-state index in [1.165, 1.54) is 0 Å². The first-order valence-corrected chi connectivity index (χ1v) is 12.0. The third kappa shape index (κ3) is 4.41. The van der Waals surface area contributed by atoms with Gasteiger partial charge in [-0.2, -0.15) is 5.10 Å². The van der Waals surface area contributed by atoms with Crippen LogP contribution in [0, 0.1) is 13.8 Å². The van der Waals surface area contributed by atoms with Gasteiger partial charge in [0.05, 0.1) is 28.9 Å². The second-order valence-corrected chi connectivity index (χ2v) is 9.01. The van der Waals surface area contributed by atoms with E-state index >= 15 is 0 Å². The fourth-order valence-electron chi connectivity index (χ4n) is 4.54. The molecule has 5 rings (SSSR count). The predicted molar refractivity (Wildman–Crippen MR) is 137 cm³/mol. The molecule has 0 radical (unpaired) electrons. The Morgan fingerprint density at radius 1 is 0.971 bits per heavy atom. The van der Waals surface area contributed by atoms with Crippen LogP contribution < -0.4 is 9.64 Å². The maximum atomic E-state index is 13.1. The molecule has 0 aliphatic carbocycles. The van der Waals surface area contributed by atoms with Gasteiger partial charge in [-0.25, -0.2) is 14.6 Å². The maximum Gasteiger partial charge on any atom is 0.253 e. The van der Waals surface area contributed by atoms with E-state index in [-0.39, 0.29) is 5.91 Å². The van der Waals surface area contributed by atoms with Crippen molar-refractivity contribution in [2.24, 2.45) is 0 Å². The topological polar surface area (TPSA) is 76.4 Å². The number of hydrogen-bond donors (Lipinski definition) is 0. The maximum absolute atomic E-state index is 13.1. The molecule has 1 amide bonds. The number of fused-ring (bicyclic) bond motifs is 1. The van der Waals surface area contributed by atoms with Crippen LogP contribution in [0.1, 0.15) is 28.3 Å². The monoisotopic (exact) mass is 490 g/mol. The molecule has 0 bridgehead atoms. The number of halogens is 1. The van der Waals surface area contributed by atoms with Gasteiger partial charge < -0.3 is 14.5 Å². The number of aryl methyl sites for hydroxylation is 2. The summed E-state index contributed by atoms with van der Waals surface area (Å²) in [6.45, 7) is 6.60. The van der Waals surface area contributed by atoms with Crippen molar-refractivity contribution in [3.8, 4) is 11.4 Å². The van der Waals surface area contributed by atoms with Gasteiger partial charge in [-0.05, 0) is 56.7 Å². The highest BCUT2D eigenvalue weighted by Gasteiger charge is 2.25. The number of ether oxygens (including phenoxy) is 1. The van der Waals surface area contributed by atoms with E-state index in [2.05, 4.69) is 4.90 Å². The Bertz CT molecular complexity index is 1380. The van der Waals surface area contributed by atoms with E-state index in [0.717, 1.165) is 46.9 Å². The molecule has 1 fully saturated rings. The van der Waals surface area contributed by atoms with Gasteiger partial charge in [0, 0.05) is 31.7 Å². The minimum atomic E-state index is 0.0289. The molecule has 0 N–H and O–H groups in total. The average Bonchev–Trinajstić information content (AvgIpc) is 3.04. The van der Waals surface area contributed by atoms with Gasteiger partial charge in [-0.15, -0.1) is 0 Å². The highest BCUT2D eigenvalue weighted by atomic mass is 35.5. The Morgan fingerprint density at radius 3 is 2.49 bits per heavy atom. The summed E-state index contributed by atoms with van der Waals surface area (Å²) >= 11 is 6.47. The van der Waals surface area contributed by atoms with E-state index in [0.29, 0.717) is 36.0 Å². The molecule has 1 aliphatic rings. The molecular formula is C26H27ClN6O2. The predicted octanol–water partition coefficient (Wildman–Crippen LogP) is 4.45. The zero-order chi connectivity index (χ0) is 24.5. The molecule has 2 aromatic carbocycles. The number of carbonyl (C=O) groups is 1. The van der Waals surface area contributed by atoms with Crippen LogP contribution in [0.3, 0.4) is 0 Å². The molecule has 9 heteroatoms. The summed E-state index contributed by atoms with van der Waals surface area (Å²) in [5.74, 6) is 2.28. The Balaban J connectivity index is 1.45. The largest absolute Gasteiger partial charge is 0.497 e. The van der Waals surface area contributed by atoms with Gasteiger partial charge in [0.25, 0.3) is 5.91 Å². The van der Waals surface area contributed by atoms with Crippen molar-refractivity contribution in [1.29, 1.82) is 0 Å². The molecule has 8 nitrogen and oxygen atoms in total. The van der Waals surface area contributed by atoms with Gasteiger partial charge in [0.15, 0.2) is 5.65 Å². The van der Waals surface area contributed by atoms with Crippen LogP contribution >= 0.6 is 11.6 Å². The Kier molecular flexibility index (Phi) is 6.30. The van der Waals surface area contributed by atoms with E-state index in [9.17, 15) is 4.79 Å². The van der Waals surface area contributed by atoms with Crippen molar-refractivity contribution in [1.82, 2.24) is 24.6 Å². The lowest BCUT2D eigenvalue weighted by molar-refractivity contribution is 0.0767. The van der Waals surface area contributed by atoms with Crippen molar-refractivity contribution in [2.45, 2.75) is 20.3 Å². The van der Waals surface area contributed by atoms with Crippen molar-refractivity contribution in [2.75, 3.05) is 38.2 Å². The molecule has 0 spiro atoms. The van der Waals surface area contributed by atoms with Gasteiger partial charge in [-0.3, -0.25) is 4.79 Å². The zero-order valence-electron chi connectivity index (χ0n) is 20.0. The van der Waals surface area contributed by atoms with Crippen LogP contribution in [0.15, 0.2) is 48.5 Å². The standard InChI is InChI=1S/C26H27ClN6O2/c1-17-23-24(28-18(2)29-25(23)33(30-17)22-8-5-4-7-21(22)27)31-13-6-14-32(16-15-31)26(34)19-9-11-20(35-3)12-10-19/h4-5,7-12H,6,13-16H2,1-3H3. The van der Waals surface area contributed by atoms with Crippen molar-refractivity contribution < 1.29 is 9.53 Å². The molecule has 2 aromatic heterocycles. The Labute approximate surface area is 209 Å². The van der Waals surface area contributed by atoms with Crippen LogP contribution in [0.25, 0.3) is 16.7 Å². The number of nitrogens with zero attached hydrogens (tertiary/aromatic N) is 6. The van der Waals surface area contributed by atoms with E-state index in [1.807, 2.05) is 67.3 Å². The highest BCUT2D eigenvalue weighted by Crippen LogP contribution is 2.31. The van der Waals surface area contributed by atoms with Crippen molar-refractivity contribution in [3.05, 3.63) is 70.6 Å². The molecule has 4 aromatic rings. The molecule has 35 heavy (non-hydrogen) atoms. The molecule has 0 unspecified atom stereocenters. The second kappa shape index (κ2) is 9.54. The van der Waals surface area contributed by atoms with E-state index in [4.69, 9.17) is 31.4 Å². The number of benzene rings is 2. The molecular weight excluding hydrogens is 464 g/mol. The second-order valence-electron chi connectivity index (χ2n) is 8.60. The Hall–Kier alpha value is -3.65. The summed E-state index contributed by atoms with van der Waals surface area (Å²) in [4.78, 5) is 26.8. The van der Waals surface area contributed by atoms with Crippen molar-refractivity contribution in [3.63, 3.8) is 0 Å². The van der Waals surface area contributed by atoms with Gasteiger partial charge in [0.1, 0.15) is 17.4 Å². The highest BCUT2D eigenvalue weighted by molar-refractivity contribution is 6.32. The summed E-state index contributed by atoms with van der Waals surface area (Å²) in [7, 11) is 1.62. The fraction of sp³-hybridized carbons (Fsp3) is 0.308. The first kappa shape index (κ1) is 23.1. The zero-order valence-corrected chi connectivity index (χ0v) is 20.8. The van der Waals surface area contributed by atoms with Crippen molar-refractivity contribution >= 4 is 34.4 Å². The number of aromatic nitrogens is 4. The Morgan fingerprint density at radius 2 is 1.74 bits per heavy atom. The van der Waals surface area contributed by atoms with Crippen LogP contribution in [0.4, 0.5) is 5.82 Å². The fourth-order valence-corrected chi connectivity index (χ4v) is 4.75. The lowest BCUT2D eigenvalue weighted by Gasteiger charge is -2.24. The summed E-state index contributed by atoms with van der Waals surface area (Å²) < 4.78 is 7.00. The number of rotatable bonds is 4. The number of methoxy groups -OCH3 is 1. The normalized spacial score (nSPS) is 14.3. The third-order valence-corrected chi connectivity index (χ3v) is 6.61. The molecule has 0 saturated carbocycles. The molecule has 180 valence electrons. The number of carbonyl (C=O) groups excluding carboxylic acids is 1. The lowest BCUT2D eigenvalue weighted by Crippen LogP contribution is -2.35. The van der Waals surface area contributed by atoms with Gasteiger partial charge >= 0.3 is 0 Å². The number of anilines is 1. The average molecular weight is 491 g/mol. The lowest BCUT2D eigenvalue weighted by atomic mass is 10.2. The first-order chi connectivity index (χ1) is 17.0. The summed E-state index contributed by atoms with van der Waals surface area (Å²) in [5, 5.41) is 6.28. The minimum Gasteiger partial charge on any atom is -0.497 e. The summed E-state index contributed by atoms with van der Waals surface area (Å²) in [6, 6.07) is 14.9.